The third-order valence-electron chi connectivity index (χ3n) is 2.90. The molecule has 0 unspecified atom stereocenters. The van der Waals surface area contributed by atoms with Gasteiger partial charge < -0.3 is 4.90 Å². The van der Waals surface area contributed by atoms with E-state index in [0.717, 1.165) is 25.0 Å². The lowest BCUT2D eigenvalue weighted by molar-refractivity contribution is -0.128. The molecule has 1 amide bonds. The van der Waals surface area contributed by atoms with Gasteiger partial charge in [0.25, 0.3) is 0 Å². The van der Waals surface area contributed by atoms with Crippen molar-refractivity contribution in [3.8, 4) is 0 Å². The Labute approximate surface area is 109 Å². The SMILES string of the molecule is CCN(C(=O)CSc1ccc(F)c(F)c1)C1CC1. The molecule has 0 N–H and O–H groups in total. The van der Waals surface area contributed by atoms with Crippen molar-refractivity contribution in [2.24, 2.45) is 0 Å². The molecule has 5 heteroatoms. The standard InChI is InChI=1S/C13H15F2NOS/c1-2-16(9-3-4-9)13(17)8-18-10-5-6-11(14)12(15)7-10/h5-7,9H,2-4,8H2,1H3. The summed E-state index contributed by atoms with van der Waals surface area (Å²) in [4.78, 5) is 14.4. The van der Waals surface area contributed by atoms with Crippen LogP contribution in [0.2, 0.25) is 0 Å². The first-order chi connectivity index (χ1) is 8.61. The van der Waals surface area contributed by atoms with Crippen molar-refractivity contribution in [1.82, 2.24) is 4.90 Å². The van der Waals surface area contributed by atoms with Crippen LogP contribution in [0.1, 0.15) is 19.8 Å². The maximum atomic E-state index is 13.0. The van der Waals surface area contributed by atoms with Crippen LogP contribution in [0.25, 0.3) is 0 Å². The van der Waals surface area contributed by atoms with Crippen LogP contribution >= 0.6 is 11.8 Å². The molecule has 18 heavy (non-hydrogen) atoms. The van der Waals surface area contributed by atoms with Crippen LogP contribution in [0.15, 0.2) is 23.1 Å². The molecule has 1 saturated carbocycles. The first-order valence-electron chi connectivity index (χ1n) is 5.99. The summed E-state index contributed by atoms with van der Waals surface area (Å²) < 4.78 is 25.7. The number of halogens is 2. The number of benzene rings is 1. The van der Waals surface area contributed by atoms with Crippen molar-refractivity contribution in [3.63, 3.8) is 0 Å². The lowest BCUT2D eigenvalue weighted by Crippen LogP contribution is -2.34. The van der Waals surface area contributed by atoms with E-state index >= 15 is 0 Å². The average molecular weight is 271 g/mol. The molecule has 1 aromatic carbocycles. The van der Waals surface area contributed by atoms with E-state index in [1.807, 2.05) is 11.8 Å². The van der Waals surface area contributed by atoms with Crippen LogP contribution in [0.4, 0.5) is 8.78 Å². The monoisotopic (exact) mass is 271 g/mol. The van der Waals surface area contributed by atoms with Crippen molar-refractivity contribution in [2.75, 3.05) is 12.3 Å². The summed E-state index contributed by atoms with van der Waals surface area (Å²) in [5.41, 5.74) is 0. The summed E-state index contributed by atoms with van der Waals surface area (Å²) in [6.45, 7) is 2.67. The Hall–Kier alpha value is -1.10. The first-order valence-corrected chi connectivity index (χ1v) is 6.97. The number of nitrogens with zero attached hydrogens (tertiary/aromatic N) is 1. The van der Waals surface area contributed by atoms with Crippen molar-refractivity contribution < 1.29 is 13.6 Å². The van der Waals surface area contributed by atoms with Crippen molar-refractivity contribution in [1.29, 1.82) is 0 Å². The molecule has 2 nitrogen and oxygen atoms in total. The summed E-state index contributed by atoms with van der Waals surface area (Å²) in [7, 11) is 0. The largest absolute Gasteiger partial charge is 0.339 e. The van der Waals surface area contributed by atoms with Gasteiger partial charge in [-0.2, -0.15) is 0 Å². The fourth-order valence-electron chi connectivity index (χ4n) is 1.82. The van der Waals surface area contributed by atoms with Crippen LogP contribution in [-0.2, 0) is 4.79 Å². The third-order valence-corrected chi connectivity index (χ3v) is 3.88. The van der Waals surface area contributed by atoms with Crippen LogP contribution in [0.5, 0.6) is 0 Å². The molecule has 0 aliphatic heterocycles. The topological polar surface area (TPSA) is 20.3 Å². The molecule has 2 rings (SSSR count). The summed E-state index contributed by atoms with van der Waals surface area (Å²) in [5, 5.41) is 0. The Balaban J connectivity index is 1.90. The van der Waals surface area contributed by atoms with Gasteiger partial charge in [-0.3, -0.25) is 4.79 Å². The molecule has 0 bridgehead atoms. The normalized spacial score (nSPS) is 14.6. The van der Waals surface area contributed by atoms with E-state index in [1.54, 1.807) is 0 Å². The smallest absolute Gasteiger partial charge is 0.233 e. The minimum Gasteiger partial charge on any atom is -0.339 e. The van der Waals surface area contributed by atoms with E-state index in [0.29, 0.717) is 17.5 Å². The predicted octanol–water partition coefficient (Wildman–Crippen LogP) is 3.07. The van der Waals surface area contributed by atoms with Gasteiger partial charge in [-0.1, -0.05) is 0 Å². The fourth-order valence-corrected chi connectivity index (χ4v) is 2.63. The Kier molecular flexibility index (Phi) is 4.22. The van der Waals surface area contributed by atoms with E-state index in [4.69, 9.17) is 0 Å². The van der Waals surface area contributed by atoms with Crippen LogP contribution < -0.4 is 0 Å². The zero-order valence-corrected chi connectivity index (χ0v) is 11.0. The second-order valence-corrected chi connectivity index (χ2v) is 5.32. The van der Waals surface area contributed by atoms with Crippen LogP contribution in [-0.4, -0.2) is 29.1 Å². The molecule has 98 valence electrons. The minimum absolute atomic E-state index is 0.0646. The van der Waals surface area contributed by atoms with Crippen molar-refractivity contribution >= 4 is 17.7 Å². The molecule has 0 atom stereocenters. The molecule has 1 aliphatic rings. The second-order valence-electron chi connectivity index (χ2n) is 4.28. The Morgan fingerprint density at radius 3 is 2.67 bits per heavy atom. The predicted molar refractivity (Wildman–Crippen MR) is 67.5 cm³/mol. The van der Waals surface area contributed by atoms with E-state index < -0.39 is 11.6 Å². The number of carbonyl (C=O) groups is 1. The highest BCUT2D eigenvalue weighted by molar-refractivity contribution is 8.00. The molecule has 0 radical (unpaired) electrons. The van der Waals surface area contributed by atoms with Crippen LogP contribution in [0.3, 0.4) is 0 Å². The fraction of sp³-hybridized carbons (Fsp3) is 0.462. The highest BCUT2D eigenvalue weighted by atomic mass is 32.2. The molecule has 0 saturated heterocycles. The summed E-state index contributed by atoms with van der Waals surface area (Å²) in [5.74, 6) is -1.40. The molecule has 0 aromatic heterocycles. The summed E-state index contributed by atoms with van der Waals surface area (Å²) >= 11 is 1.24. The van der Waals surface area contributed by atoms with Crippen LogP contribution in [0, 0.1) is 11.6 Å². The third kappa shape index (κ3) is 3.22. The lowest BCUT2D eigenvalue weighted by atomic mass is 10.3. The van der Waals surface area contributed by atoms with Gasteiger partial charge in [-0.05, 0) is 38.0 Å². The quantitative estimate of drug-likeness (QED) is 0.767. The molecule has 1 fully saturated rings. The number of thioether (sulfide) groups is 1. The van der Waals surface area contributed by atoms with E-state index in [1.165, 1.54) is 17.8 Å². The Morgan fingerprint density at radius 1 is 1.39 bits per heavy atom. The van der Waals surface area contributed by atoms with Gasteiger partial charge in [0.15, 0.2) is 11.6 Å². The Bertz CT molecular complexity index is 449. The lowest BCUT2D eigenvalue weighted by Gasteiger charge is -2.19. The molecular weight excluding hydrogens is 256 g/mol. The number of hydrogen-bond donors (Lipinski definition) is 0. The maximum Gasteiger partial charge on any atom is 0.233 e. The second kappa shape index (κ2) is 5.69. The van der Waals surface area contributed by atoms with E-state index in [2.05, 4.69) is 0 Å². The van der Waals surface area contributed by atoms with Gasteiger partial charge in [0.2, 0.25) is 5.91 Å². The number of amides is 1. The molecule has 1 aliphatic carbocycles. The molecular formula is C13H15F2NOS. The van der Waals surface area contributed by atoms with Crippen molar-refractivity contribution in [3.05, 3.63) is 29.8 Å². The Morgan fingerprint density at radius 2 is 2.11 bits per heavy atom. The number of carbonyl (C=O) groups excluding carboxylic acids is 1. The van der Waals surface area contributed by atoms with Gasteiger partial charge in [-0.15, -0.1) is 11.8 Å². The van der Waals surface area contributed by atoms with Gasteiger partial charge >= 0.3 is 0 Å². The highest BCUT2D eigenvalue weighted by Crippen LogP contribution is 2.28. The number of hydrogen-bond acceptors (Lipinski definition) is 2. The maximum absolute atomic E-state index is 13.0. The van der Waals surface area contributed by atoms with E-state index in [9.17, 15) is 13.6 Å². The summed E-state index contributed by atoms with van der Waals surface area (Å²) in [6, 6.07) is 4.10. The molecule has 0 heterocycles. The first kappa shape index (κ1) is 13.3. The zero-order chi connectivity index (χ0) is 13.1. The van der Waals surface area contributed by atoms with Gasteiger partial charge in [0, 0.05) is 17.5 Å². The van der Waals surface area contributed by atoms with E-state index in [-0.39, 0.29) is 11.7 Å². The van der Waals surface area contributed by atoms with Gasteiger partial charge in [0.05, 0.1) is 5.75 Å². The van der Waals surface area contributed by atoms with Gasteiger partial charge in [-0.25, -0.2) is 8.78 Å². The molecule has 0 spiro atoms. The van der Waals surface area contributed by atoms with Gasteiger partial charge in [0.1, 0.15) is 0 Å². The zero-order valence-electron chi connectivity index (χ0n) is 10.2. The minimum atomic E-state index is -0.873. The summed E-state index contributed by atoms with van der Waals surface area (Å²) in [6.07, 6.45) is 2.16. The number of rotatable bonds is 5. The molecule has 1 aromatic rings. The van der Waals surface area contributed by atoms with Crippen molar-refractivity contribution in [2.45, 2.75) is 30.7 Å². The average Bonchev–Trinajstić information content (AvgIpc) is 3.16. The highest BCUT2D eigenvalue weighted by Gasteiger charge is 2.30.